The Morgan fingerprint density at radius 1 is 1.35 bits per heavy atom. The maximum Gasteiger partial charge on any atom is 0.504 e. The van der Waals surface area contributed by atoms with Crippen molar-refractivity contribution in [2.45, 2.75) is 45.7 Å². The maximum atomic E-state index is 13.2. The van der Waals surface area contributed by atoms with E-state index in [0.29, 0.717) is 6.42 Å². The Hall–Kier alpha value is -1.27. The molecule has 0 heterocycles. The van der Waals surface area contributed by atoms with Crippen LogP contribution < -0.4 is 5.32 Å². The third-order valence-corrected chi connectivity index (χ3v) is 2.49. The minimum absolute atomic E-state index is 0.0891. The van der Waals surface area contributed by atoms with Gasteiger partial charge < -0.3 is 9.47 Å². The summed E-state index contributed by atoms with van der Waals surface area (Å²) in [5.41, 5.74) is 0. The van der Waals surface area contributed by atoms with Crippen molar-refractivity contribution < 1.29 is 32.5 Å². The van der Waals surface area contributed by atoms with Crippen LogP contribution in [0.15, 0.2) is 0 Å². The molecule has 116 valence electrons. The van der Waals surface area contributed by atoms with Gasteiger partial charge in [0.15, 0.2) is 13.0 Å². The first-order valence-electron chi connectivity index (χ1n) is 6.19. The van der Waals surface area contributed by atoms with Crippen molar-refractivity contribution in [2.24, 2.45) is 0 Å². The molecular weight excluding hydrogens is 292 g/mol. The minimum Gasteiger partial charge on any atom is -0.425 e. The lowest BCUT2D eigenvalue weighted by molar-refractivity contribution is -0.165. The van der Waals surface area contributed by atoms with Gasteiger partial charge in [0.2, 0.25) is 6.29 Å². The van der Waals surface area contributed by atoms with Crippen LogP contribution in [0.5, 0.6) is 0 Å². The maximum absolute atomic E-state index is 13.2. The summed E-state index contributed by atoms with van der Waals surface area (Å²) in [5.74, 6) is -0.496. The Balaban J connectivity index is 3.85. The SMILES string of the molecule is CCCC(=O)OC(C)OC(=O)NC(F)CCO[P+](C)=O. The van der Waals surface area contributed by atoms with E-state index in [0.717, 1.165) is 0 Å². The Kier molecular flexibility index (Phi) is 9.84. The smallest absolute Gasteiger partial charge is 0.425 e. The van der Waals surface area contributed by atoms with Crippen molar-refractivity contribution in [1.82, 2.24) is 5.32 Å². The summed E-state index contributed by atoms with van der Waals surface area (Å²) in [7, 11) is -1.80. The number of alkyl halides is 1. The van der Waals surface area contributed by atoms with Crippen molar-refractivity contribution in [2.75, 3.05) is 13.3 Å². The standard InChI is InChI=1S/C11H19FNO6P/c1-4-5-10(14)18-8(2)19-11(15)13-9(12)6-7-17-20(3)16/h8-9H,4-7H2,1-3H3/p+1. The van der Waals surface area contributed by atoms with Crippen LogP contribution in [-0.4, -0.2) is 37.9 Å². The van der Waals surface area contributed by atoms with Crippen LogP contribution in [0, 0.1) is 0 Å². The number of rotatable bonds is 9. The van der Waals surface area contributed by atoms with Gasteiger partial charge in [0.05, 0.1) is 0 Å². The zero-order chi connectivity index (χ0) is 15.5. The lowest BCUT2D eigenvalue weighted by atomic mass is 10.3. The zero-order valence-corrected chi connectivity index (χ0v) is 12.7. The molecule has 0 aliphatic rings. The van der Waals surface area contributed by atoms with Crippen LogP contribution in [0.25, 0.3) is 0 Å². The normalized spacial score (nSPS) is 14.1. The van der Waals surface area contributed by atoms with Gasteiger partial charge in [-0.05, 0) is 11.0 Å². The monoisotopic (exact) mass is 312 g/mol. The van der Waals surface area contributed by atoms with E-state index >= 15 is 0 Å². The molecule has 0 aromatic rings. The molecule has 1 N–H and O–H groups in total. The van der Waals surface area contributed by atoms with E-state index in [1.165, 1.54) is 13.6 Å². The first-order chi connectivity index (χ1) is 9.35. The number of carbonyl (C=O) groups is 2. The number of halogens is 1. The van der Waals surface area contributed by atoms with Gasteiger partial charge in [-0.1, -0.05) is 6.92 Å². The summed E-state index contributed by atoms with van der Waals surface area (Å²) in [6, 6.07) is 0. The summed E-state index contributed by atoms with van der Waals surface area (Å²) in [6.07, 6.45) is -3.17. The first-order valence-corrected chi connectivity index (χ1v) is 7.82. The summed E-state index contributed by atoms with van der Waals surface area (Å²) in [6.45, 7) is 4.41. The molecule has 0 saturated heterocycles. The molecule has 7 nitrogen and oxygen atoms in total. The van der Waals surface area contributed by atoms with E-state index < -0.39 is 32.7 Å². The fraction of sp³-hybridized carbons (Fsp3) is 0.818. The Bertz CT molecular complexity index is 341. The Labute approximate surface area is 118 Å². The molecule has 20 heavy (non-hydrogen) atoms. The molecule has 0 aromatic carbocycles. The number of esters is 1. The van der Waals surface area contributed by atoms with E-state index in [1.54, 1.807) is 6.92 Å². The van der Waals surface area contributed by atoms with Crippen LogP contribution in [-0.2, 0) is 23.4 Å². The minimum atomic E-state index is -1.80. The molecule has 0 spiro atoms. The summed E-state index contributed by atoms with van der Waals surface area (Å²) < 4.78 is 37.9. The molecule has 9 heteroatoms. The third-order valence-electron chi connectivity index (χ3n) is 1.94. The molecule has 0 aromatic heterocycles. The van der Waals surface area contributed by atoms with E-state index in [2.05, 4.69) is 9.26 Å². The highest BCUT2D eigenvalue weighted by atomic mass is 31.1. The van der Waals surface area contributed by atoms with Crippen LogP contribution >= 0.6 is 8.03 Å². The van der Waals surface area contributed by atoms with E-state index in [-0.39, 0.29) is 19.4 Å². The molecule has 0 radical (unpaired) electrons. The van der Waals surface area contributed by atoms with Crippen molar-refractivity contribution in [3.63, 3.8) is 0 Å². The second kappa shape index (κ2) is 10.5. The van der Waals surface area contributed by atoms with Crippen molar-refractivity contribution >= 4 is 20.1 Å². The number of amides is 1. The van der Waals surface area contributed by atoms with Crippen molar-refractivity contribution in [1.29, 1.82) is 0 Å². The molecule has 0 bridgehead atoms. The van der Waals surface area contributed by atoms with Gasteiger partial charge in [-0.3, -0.25) is 10.1 Å². The second-order valence-corrected chi connectivity index (χ2v) is 5.02. The molecule has 0 aliphatic heterocycles. The lowest BCUT2D eigenvalue weighted by Crippen LogP contribution is -2.35. The molecule has 0 aliphatic carbocycles. The zero-order valence-electron chi connectivity index (χ0n) is 11.8. The van der Waals surface area contributed by atoms with Crippen LogP contribution in [0.2, 0.25) is 0 Å². The second-order valence-electron chi connectivity index (χ2n) is 3.89. The fourth-order valence-corrected chi connectivity index (χ4v) is 1.50. The topological polar surface area (TPSA) is 90.9 Å². The van der Waals surface area contributed by atoms with Crippen LogP contribution in [0.3, 0.4) is 0 Å². The number of carbonyl (C=O) groups excluding carboxylic acids is 2. The van der Waals surface area contributed by atoms with Gasteiger partial charge in [0, 0.05) is 19.8 Å². The van der Waals surface area contributed by atoms with Gasteiger partial charge in [-0.15, -0.1) is 4.52 Å². The summed E-state index contributed by atoms with van der Waals surface area (Å²) >= 11 is 0. The molecule has 3 atom stereocenters. The highest BCUT2D eigenvalue weighted by Crippen LogP contribution is 2.15. The van der Waals surface area contributed by atoms with Gasteiger partial charge in [0.1, 0.15) is 6.61 Å². The number of ether oxygens (including phenoxy) is 2. The van der Waals surface area contributed by atoms with Crippen LogP contribution in [0.4, 0.5) is 9.18 Å². The predicted octanol–water partition coefficient (Wildman–Crippen LogP) is 2.48. The molecule has 0 fully saturated rings. The first kappa shape index (κ1) is 18.7. The number of hydrogen-bond donors (Lipinski definition) is 1. The molecular formula is C11H20FNO6P+. The highest BCUT2D eigenvalue weighted by molar-refractivity contribution is 7.38. The molecule has 0 rings (SSSR count). The number of alkyl carbamates (subject to hydrolysis) is 1. The van der Waals surface area contributed by atoms with Gasteiger partial charge in [0.25, 0.3) is 0 Å². The highest BCUT2D eigenvalue weighted by Gasteiger charge is 2.18. The van der Waals surface area contributed by atoms with Gasteiger partial charge >= 0.3 is 20.1 Å². The Morgan fingerprint density at radius 3 is 2.55 bits per heavy atom. The molecule has 3 unspecified atom stereocenters. The molecule has 1 amide bonds. The van der Waals surface area contributed by atoms with Crippen LogP contribution in [0.1, 0.15) is 33.1 Å². The average molecular weight is 312 g/mol. The van der Waals surface area contributed by atoms with Crippen molar-refractivity contribution in [3.8, 4) is 0 Å². The summed E-state index contributed by atoms with van der Waals surface area (Å²) in [5, 5.41) is 1.90. The average Bonchev–Trinajstić information content (AvgIpc) is 2.27. The fourth-order valence-electron chi connectivity index (χ4n) is 1.14. The summed E-state index contributed by atoms with van der Waals surface area (Å²) in [4.78, 5) is 22.3. The number of hydrogen-bond acceptors (Lipinski definition) is 6. The van der Waals surface area contributed by atoms with E-state index in [1.807, 2.05) is 5.32 Å². The van der Waals surface area contributed by atoms with E-state index in [4.69, 9.17) is 4.74 Å². The largest absolute Gasteiger partial charge is 0.504 e. The van der Waals surface area contributed by atoms with Gasteiger partial charge in [-0.25, -0.2) is 9.18 Å². The quantitative estimate of drug-likeness (QED) is 0.304. The number of nitrogens with one attached hydrogen (secondary N) is 1. The Morgan fingerprint density at radius 2 is 2.00 bits per heavy atom. The molecule has 0 saturated carbocycles. The third kappa shape index (κ3) is 10.6. The van der Waals surface area contributed by atoms with Gasteiger partial charge in [-0.2, -0.15) is 0 Å². The lowest BCUT2D eigenvalue weighted by Gasteiger charge is -2.15. The van der Waals surface area contributed by atoms with Crippen molar-refractivity contribution in [3.05, 3.63) is 0 Å². The van der Waals surface area contributed by atoms with E-state index in [9.17, 15) is 18.5 Å². The predicted molar refractivity (Wildman–Crippen MR) is 69.1 cm³/mol.